The van der Waals surface area contributed by atoms with Gasteiger partial charge in [0.1, 0.15) is 22.8 Å². The van der Waals surface area contributed by atoms with Crippen molar-refractivity contribution in [2.75, 3.05) is 13.1 Å². The molecule has 3 heterocycles. The summed E-state index contributed by atoms with van der Waals surface area (Å²) in [5.41, 5.74) is -5.18. The first kappa shape index (κ1) is 22.8. The van der Waals surface area contributed by atoms with Crippen LogP contribution in [0.3, 0.4) is 0 Å². The number of amides is 2. The number of rotatable bonds is 4. The van der Waals surface area contributed by atoms with E-state index in [1.165, 1.54) is 0 Å². The zero-order chi connectivity index (χ0) is 24.1. The Kier molecular flexibility index (Phi) is 5.64. The minimum absolute atomic E-state index is 0.0451. The Hall–Kier alpha value is -3.41. The number of fused-ring (bicyclic) bond motifs is 4. The molecule has 2 amide bonds. The van der Waals surface area contributed by atoms with E-state index in [0.29, 0.717) is 6.07 Å². The number of carbonyl (C=O) groups excluding carboxylic acids is 2. The number of nitrogens with zero attached hydrogens (tertiary/aromatic N) is 2. The zero-order valence-corrected chi connectivity index (χ0v) is 17.0. The van der Waals surface area contributed by atoms with Crippen molar-refractivity contribution < 1.29 is 37.4 Å². The Morgan fingerprint density at radius 3 is 2.67 bits per heavy atom. The molecule has 4 rings (SSSR count). The highest BCUT2D eigenvalue weighted by molar-refractivity contribution is 5.99. The van der Waals surface area contributed by atoms with Crippen LogP contribution in [-0.4, -0.2) is 56.6 Å². The van der Waals surface area contributed by atoms with Crippen LogP contribution in [-0.2, 0) is 6.54 Å². The molecule has 8 nitrogen and oxygen atoms in total. The molecule has 1 aromatic carbocycles. The van der Waals surface area contributed by atoms with Crippen LogP contribution in [0.4, 0.5) is 17.6 Å². The van der Waals surface area contributed by atoms with E-state index in [0.717, 1.165) is 27.8 Å². The number of halogens is 4. The average Bonchev–Trinajstić information content (AvgIpc) is 2.91. The molecule has 3 N–H and O–H groups in total. The largest absolute Gasteiger partial charge is 0.503 e. The summed E-state index contributed by atoms with van der Waals surface area (Å²) >= 11 is 0. The van der Waals surface area contributed by atoms with Crippen LogP contribution in [0, 0.1) is 11.6 Å². The van der Waals surface area contributed by atoms with E-state index in [1.807, 2.05) is 0 Å². The minimum Gasteiger partial charge on any atom is -0.503 e. The number of hydrogen-bond acceptors (Lipinski definition) is 5. The number of pyridine rings is 1. The van der Waals surface area contributed by atoms with Gasteiger partial charge in [0.25, 0.3) is 18.2 Å². The topological polar surface area (TPSA) is 112 Å². The number of hydrogen-bond donors (Lipinski definition) is 3. The monoisotopic (exact) mass is 469 g/mol. The van der Waals surface area contributed by atoms with Crippen LogP contribution >= 0.6 is 0 Å². The summed E-state index contributed by atoms with van der Waals surface area (Å²) in [6, 6.07) is 1.23. The lowest BCUT2D eigenvalue weighted by atomic mass is 9.88. The van der Waals surface area contributed by atoms with Crippen molar-refractivity contribution in [3.63, 3.8) is 0 Å². The molecule has 2 aromatic rings. The Morgan fingerprint density at radius 2 is 2.00 bits per heavy atom. The number of aromatic hydroxyl groups is 1. The van der Waals surface area contributed by atoms with Crippen molar-refractivity contribution >= 4 is 11.8 Å². The number of benzene rings is 1. The molecule has 0 spiro atoms. The molecule has 33 heavy (non-hydrogen) atoms. The van der Waals surface area contributed by atoms with E-state index in [4.69, 9.17) is 0 Å². The molecular weight excluding hydrogens is 450 g/mol. The van der Waals surface area contributed by atoms with Gasteiger partial charge in [-0.2, -0.15) is 0 Å². The summed E-state index contributed by atoms with van der Waals surface area (Å²) < 4.78 is 55.4. The summed E-state index contributed by atoms with van der Waals surface area (Å²) in [4.78, 5) is 39.2. The van der Waals surface area contributed by atoms with Gasteiger partial charge in [0.2, 0.25) is 5.43 Å². The fourth-order valence-corrected chi connectivity index (χ4v) is 4.27. The predicted octanol–water partition coefficient (Wildman–Crippen LogP) is 1.55. The van der Waals surface area contributed by atoms with E-state index in [9.17, 15) is 42.2 Å². The molecule has 176 valence electrons. The predicted molar refractivity (Wildman–Crippen MR) is 105 cm³/mol. The van der Waals surface area contributed by atoms with Crippen molar-refractivity contribution in [1.82, 2.24) is 14.8 Å². The molecule has 0 saturated carbocycles. The lowest BCUT2D eigenvalue weighted by Gasteiger charge is -2.41. The molecule has 1 fully saturated rings. The minimum atomic E-state index is -3.20. The third-order valence-corrected chi connectivity index (χ3v) is 6.09. The summed E-state index contributed by atoms with van der Waals surface area (Å²) in [6.07, 6.45) is -2.65. The highest BCUT2D eigenvalue weighted by atomic mass is 19.3. The smallest absolute Gasteiger partial charge is 0.274 e. The number of carbonyl (C=O) groups is 2. The SMILES string of the molecule is O=C(NCc1ccc(F)cc1F)c1cn2c(c(O)c1=O)C(=O)N1CCCC(O)(C(F)F)C2C1. The van der Waals surface area contributed by atoms with Gasteiger partial charge < -0.3 is 25.0 Å². The van der Waals surface area contributed by atoms with Gasteiger partial charge >= 0.3 is 0 Å². The summed E-state index contributed by atoms with van der Waals surface area (Å²) in [5, 5.41) is 23.4. The maximum absolute atomic E-state index is 13.8. The molecule has 0 radical (unpaired) electrons. The standard InChI is InChI=1S/C21H19F4N3O5/c22-11-3-2-10(13(23)6-11)7-26-18(31)12-8-28-14-9-27(5-1-4-21(14,33)20(24)25)19(32)15(28)17(30)16(12)29/h2-3,6,8,14,20,30,33H,1,4-5,7,9H2,(H,26,31). The summed E-state index contributed by atoms with van der Waals surface area (Å²) in [6.45, 7) is -0.704. The average molecular weight is 469 g/mol. The van der Waals surface area contributed by atoms with Crippen LogP contribution in [0.1, 0.15) is 45.3 Å². The first-order valence-corrected chi connectivity index (χ1v) is 10.0. The fraction of sp³-hybridized carbons (Fsp3) is 0.381. The van der Waals surface area contributed by atoms with Crippen LogP contribution in [0.5, 0.6) is 5.75 Å². The van der Waals surface area contributed by atoms with Gasteiger partial charge in [-0.1, -0.05) is 6.07 Å². The Bertz CT molecular complexity index is 1200. The maximum atomic E-state index is 13.8. The second kappa shape index (κ2) is 8.18. The van der Waals surface area contributed by atoms with E-state index < -0.39 is 70.5 Å². The molecule has 1 saturated heterocycles. The Morgan fingerprint density at radius 1 is 1.27 bits per heavy atom. The van der Waals surface area contributed by atoms with E-state index in [1.54, 1.807) is 0 Å². The highest BCUT2D eigenvalue weighted by Gasteiger charge is 2.52. The molecule has 2 bridgehead atoms. The van der Waals surface area contributed by atoms with Crippen LogP contribution in [0.2, 0.25) is 0 Å². The lowest BCUT2D eigenvalue weighted by molar-refractivity contribution is -0.132. The Balaban J connectivity index is 1.74. The van der Waals surface area contributed by atoms with Crippen LogP contribution in [0.25, 0.3) is 0 Å². The lowest BCUT2D eigenvalue weighted by Crippen LogP contribution is -2.53. The molecule has 1 aromatic heterocycles. The molecule has 2 aliphatic rings. The second-order valence-electron chi connectivity index (χ2n) is 8.06. The number of aliphatic hydroxyl groups is 1. The fourth-order valence-electron chi connectivity index (χ4n) is 4.27. The van der Waals surface area contributed by atoms with Crippen molar-refractivity contribution in [3.05, 3.63) is 63.1 Å². The van der Waals surface area contributed by atoms with Gasteiger partial charge in [-0.3, -0.25) is 14.4 Å². The molecule has 2 unspecified atom stereocenters. The number of aromatic nitrogens is 1. The van der Waals surface area contributed by atoms with Gasteiger partial charge in [0, 0.05) is 37.5 Å². The van der Waals surface area contributed by atoms with E-state index in [-0.39, 0.29) is 31.5 Å². The molecule has 12 heteroatoms. The quantitative estimate of drug-likeness (QED) is 0.589. The molecule has 2 aliphatic heterocycles. The summed E-state index contributed by atoms with van der Waals surface area (Å²) in [7, 11) is 0. The van der Waals surface area contributed by atoms with Crippen molar-refractivity contribution in [2.24, 2.45) is 0 Å². The Labute approximate surface area is 184 Å². The van der Waals surface area contributed by atoms with Crippen molar-refractivity contribution in [2.45, 2.75) is 37.5 Å². The summed E-state index contributed by atoms with van der Waals surface area (Å²) in [5.74, 6) is -4.76. The van der Waals surface area contributed by atoms with Gasteiger partial charge in [-0.25, -0.2) is 17.6 Å². The van der Waals surface area contributed by atoms with Crippen molar-refractivity contribution in [3.8, 4) is 5.75 Å². The third kappa shape index (κ3) is 3.73. The van der Waals surface area contributed by atoms with Gasteiger partial charge in [-0.05, 0) is 18.9 Å². The van der Waals surface area contributed by atoms with Crippen molar-refractivity contribution in [1.29, 1.82) is 0 Å². The first-order chi connectivity index (χ1) is 15.5. The van der Waals surface area contributed by atoms with E-state index in [2.05, 4.69) is 5.32 Å². The van der Waals surface area contributed by atoms with E-state index >= 15 is 0 Å². The van der Waals surface area contributed by atoms with Gasteiger partial charge in [-0.15, -0.1) is 0 Å². The molecular formula is C21H19F4N3O5. The molecule has 2 atom stereocenters. The molecule has 0 aliphatic carbocycles. The zero-order valence-electron chi connectivity index (χ0n) is 17.0. The number of alkyl halides is 2. The van der Waals surface area contributed by atoms with Gasteiger partial charge in [0.05, 0.1) is 6.04 Å². The third-order valence-electron chi connectivity index (χ3n) is 6.09. The number of nitrogens with one attached hydrogen (secondary N) is 1. The van der Waals surface area contributed by atoms with Gasteiger partial charge in [0.15, 0.2) is 11.4 Å². The second-order valence-corrected chi connectivity index (χ2v) is 8.06. The normalized spacial score (nSPS) is 22.2. The van der Waals surface area contributed by atoms with Crippen LogP contribution in [0.15, 0.2) is 29.2 Å². The maximum Gasteiger partial charge on any atom is 0.274 e. The highest BCUT2D eigenvalue weighted by Crippen LogP contribution is 2.41. The van der Waals surface area contributed by atoms with Crippen LogP contribution < -0.4 is 10.7 Å². The first-order valence-electron chi connectivity index (χ1n) is 10.0.